The summed E-state index contributed by atoms with van der Waals surface area (Å²) >= 11 is 0. The van der Waals surface area contributed by atoms with Gasteiger partial charge in [-0.05, 0) is 19.8 Å². The Balaban J connectivity index is 0.00000119. The molecule has 0 aromatic carbocycles. The van der Waals surface area contributed by atoms with Crippen LogP contribution in [0.15, 0.2) is 30.9 Å². The fraction of sp³-hybridized carbons (Fsp3) is 0.667. The molecule has 1 aromatic rings. The van der Waals surface area contributed by atoms with Gasteiger partial charge in [-0.25, -0.2) is 13.9 Å². The summed E-state index contributed by atoms with van der Waals surface area (Å²) in [7, 11) is -6.00. The lowest BCUT2D eigenvalue weighted by molar-refractivity contribution is -0.697. The van der Waals surface area contributed by atoms with Gasteiger partial charge in [0, 0.05) is 12.0 Å². The van der Waals surface area contributed by atoms with Crippen LogP contribution in [0.1, 0.15) is 58.8 Å². The second kappa shape index (κ2) is 14.3. The smallest absolute Gasteiger partial charge is 0.462 e. The third-order valence-electron chi connectivity index (χ3n) is 3.66. The van der Waals surface area contributed by atoms with Gasteiger partial charge >= 0.3 is 13.2 Å². The Morgan fingerprint density at radius 3 is 2.30 bits per heavy atom. The van der Waals surface area contributed by atoms with Crippen LogP contribution in [0.5, 0.6) is 0 Å². The maximum absolute atomic E-state index is 11.2. The summed E-state index contributed by atoms with van der Waals surface area (Å²) in [4.78, 5) is 11.2. The Morgan fingerprint density at radius 2 is 1.70 bits per heavy atom. The molecule has 1 rings (SSSR count). The quantitative estimate of drug-likeness (QED) is 0.126. The minimum atomic E-state index is -6.00. The summed E-state index contributed by atoms with van der Waals surface area (Å²) in [5.74, 6) is -0.300. The van der Waals surface area contributed by atoms with E-state index in [0.717, 1.165) is 19.5 Å². The summed E-state index contributed by atoms with van der Waals surface area (Å²) in [6.45, 7) is 9.88. The van der Waals surface area contributed by atoms with Gasteiger partial charge in [-0.15, -0.1) is 0 Å². The largest absolute Gasteiger partial charge is 0.673 e. The summed E-state index contributed by atoms with van der Waals surface area (Å²) < 4.78 is 48.5. The first-order chi connectivity index (χ1) is 12.6. The minimum Gasteiger partial charge on any atom is -0.462 e. The number of aromatic nitrogens is 2. The molecule has 0 atom stereocenters. The molecular formula is C18H31BF4N2O2. The molecule has 0 radical (unpaired) electrons. The second-order valence-electron chi connectivity index (χ2n) is 6.42. The van der Waals surface area contributed by atoms with Gasteiger partial charge in [-0.3, -0.25) is 0 Å². The Hall–Kier alpha value is -1.80. The minimum absolute atomic E-state index is 0.300. The van der Waals surface area contributed by atoms with E-state index in [4.69, 9.17) is 4.74 Å². The molecule has 1 aromatic heterocycles. The molecule has 0 saturated heterocycles. The van der Waals surface area contributed by atoms with Crippen LogP contribution in [0.2, 0.25) is 0 Å². The maximum atomic E-state index is 11.2. The number of esters is 1. The SMILES string of the molecule is C=C(C)C(=O)OCCC[n+]1ccn(CCCCCCCC)c1.F[B-](F)(F)F. The van der Waals surface area contributed by atoms with E-state index in [0.29, 0.717) is 12.2 Å². The fourth-order valence-electron chi connectivity index (χ4n) is 2.31. The highest BCUT2D eigenvalue weighted by Gasteiger charge is 2.20. The first-order valence-electron chi connectivity index (χ1n) is 9.38. The zero-order chi connectivity index (χ0) is 20.7. The lowest BCUT2D eigenvalue weighted by Gasteiger charge is -2.02. The van der Waals surface area contributed by atoms with Gasteiger partial charge in [-0.2, -0.15) is 0 Å². The third-order valence-corrected chi connectivity index (χ3v) is 3.66. The maximum Gasteiger partial charge on any atom is 0.673 e. The average Bonchev–Trinajstić information content (AvgIpc) is 3.00. The van der Waals surface area contributed by atoms with Crippen molar-refractivity contribution < 1.29 is 31.4 Å². The van der Waals surface area contributed by atoms with Crippen molar-refractivity contribution in [2.75, 3.05) is 6.61 Å². The highest BCUT2D eigenvalue weighted by atomic mass is 19.5. The molecule has 0 aliphatic heterocycles. The highest BCUT2D eigenvalue weighted by Crippen LogP contribution is 2.07. The van der Waals surface area contributed by atoms with Crippen molar-refractivity contribution in [3.8, 4) is 0 Å². The van der Waals surface area contributed by atoms with E-state index >= 15 is 0 Å². The van der Waals surface area contributed by atoms with Gasteiger partial charge in [-0.1, -0.05) is 39.2 Å². The van der Waals surface area contributed by atoms with Crippen molar-refractivity contribution in [3.63, 3.8) is 0 Å². The monoisotopic (exact) mass is 394 g/mol. The molecule has 0 N–H and O–H groups in total. The Bertz CT molecular complexity index is 542. The molecule has 0 aliphatic carbocycles. The predicted molar refractivity (Wildman–Crippen MR) is 98.6 cm³/mol. The molecule has 0 fully saturated rings. The molecule has 1 heterocycles. The highest BCUT2D eigenvalue weighted by molar-refractivity contribution is 6.50. The van der Waals surface area contributed by atoms with Gasteiger partial charge < -0.3 is 22.0 Å². The lowest BCUT2D eigenvalue weighted by Crippen LogP contribution is -2.31. The molecule has 0 bridgehead atoms. The first-order valence-corrected chi connectivity index (χ1v) is 9.38. The average molecular weight is 394 g/mol. The van der Waals surface area contributed by atoms with Gasteiger partial charge in [0.1, 0.15) is 12.4 Å². The number of unbranched alkanes of at least 4 members (excludes halogenated alkanes) is 5. The van der Waals surface area contributed by atoms with E-state index in [1.54, 1.807) is 6.92 Å². The van der Waals surface area contributed by atoms with Gasteiger partial charge in [0.05, 0.1) is 19.7 Å². The van der Waals surface area contributed by atoms with Crippen LogP contribution < -0.4 is 4.57 Å². The number of aryl methyl sites for hydroxylation is 2. The van der Waals surface area contributed by atoms with Crippen LogP contribution in [0.3, 0.4) is 0 Å². The molecule has 9 heteroatoms. The van der Waals surface area contributed by atoms with E-state index in [1.165, 1.54) is 38.5 Å². The van der Waals surface area contributed by atoms with E-state index in [-0.39, 0.29) is 5.97 Å². The van der Waals surface area contributed by atoms with Crippen molar-refractivity contribution in [3.05, 3.63) is 30.9 Å². The molecule has 27 heavy (non-hydrogen) atoms. The molecule has 0 saturated carbocycles. The van der Waals surface area contributed by atoms with Crippen molar-refractivity contribution in [1.29, 1.82) is 0 Å². The summed E-state index contributed by atoms with van der Waals surface area (Å²) in [5.41, 5.74) is 0.456. The Kier molecular flexibility index (Phi) is 13.3. The molecule has 0 aliphatic rings. The fourth-order valence-corrected chi connectivity index (χ4v) is 2.31. The predicted octanol–water partition coefficient (Wildman–Crippen LogP) is 4.95. The second-order valence-corrected chi connectivity index (χ2v) is 6.42. The first kappa shape index (κ1) is 25.2. The number of halogens is 4. The van der Waals surface area contributed by atoms with E-state index in [1.807, 2.05) is 0 Å². The third kappa shape index (κ3) is 17.4. The van der Waals surface area contributed by atoms with Crippen LogP contribution >= 0.6 is 0 Å². The summed E-state index contributed by atoms with van der Waals surface area (Å²) in [6, 6.07) is 0. The number of hydrogen-bond donors (Lipinski definition) is 0. The van der Waals surface area contributed by atoms with Crippen LogP contribution in [-0.2, 0) is 22.6 Å². The number of hydrogen-bond acceptors (Lipinski definition) is 2. The van der Waals surface area contributed by atoms with Gasteiger partial charge in [0.25, 0.3) is 0 Å². The lowest BCUT2D eigenvalue weighted by atomic mass is 10.1. The number of ether oxygens (including phenoxy) is 1. The van der Waals surface area contributed by atoms with Crippen molar-refractivity contribution in [2.45, 2.75) is 71.9 Å². The van der Waals surface area contributed by atoms with Crippen molar-refractivity contribution in [1.82, 2.24) is 4.57 Å². The standard InChI is InChI=1S/C18H31N2O2.BF4/c1-4-5-6-7-8-9-11-19-13-14-20(16-19)12-10-15-22-18(21)17(2)3;2-1(3,4)5/h13-14,16H,2,4-12,15H2,1,3H3;/q+1;-1. The van der Waals surface area contributed by atoms with Crippen molar-refractivity contribution in [2.24, 2.45) is 0 Å². The number of carbonyl (C=O) groups is 1. The molecule has 0 amide bonds. The van der Waals surface area contributed by atoms with E-state index < -0.39 is 7.25 Å². The van der Waals surface area contributed by atoms with Gasteiger partial charge in [0.2, 0.25) is 6.33 Å². The zero-order valence-electron chi connectivity index (χ0n) is 16.3. The molecule has 0 spiro atoms. The summed E-state index contributed by atoms with van der Waals surface area (Å²) in [6.07, 6.45) is 15.1. The zero-order valence-corrected chi connectivity index (χ0v) is 16.3. The van der Waals surface area contributed by atoms with E-state index in [9.17, 15) is 22.1 Å². The normalized spacial score (nSPS) is 10.9. The van der Waals surface area contributed by atoms with Gasteiger partial charge in [0.15, 0.2) is 0 Å². The Labute approximate surface area is 159 Å². The molecule has 0 unspecified atom stereocenters. The molecule has 156 valence electrons. The number of carbonyl (C=O) groups excluding carboxylic acids is 1. The van der Waals surface area contributed by atoms with E-state index in [2.05, 4.69) is 41.4 Å². The van der Waals surface area contributed by atoms with Crippen LogP contribution in [0, 0.1) is 0 Å². The number of nitrogens with zero attached hydrogens (tertiary/aromatic N) is 2. The van der Waals surface area contributed by atoms with Crippen LogP contribution in [0.4, 0.5) is 17.3 Å². The molecule has 4 nitrogen and oxygen atoms in total. The molecular weight excluding hydrogens is 363 g/mol. The Morgan fingerprint density at radius 1 is 1.11 bits per heavy atom. The number of rotatable bonds is 12. The topological polar surface area (TPSA) is 35.1 Å². The van der Waals surface area contributed by atoms with Crippen LogP contribution in [-0.4, -0.2) is 24.4 Å². The van der Waals surface area contributed by atoms with Crippen LogP contribution in [0.25, 0.3) is 0 Å². The van der Waals surface area contributed by atoms with Crippen molar-refractivity contribution >= 4 is 13.2 Å². The summed E-state index contributed by atoms with van der Waals surface area (Å²) in [5, 5.41) is 0. The number of imidazole rings is 1.